The van der Waals surface area contributed by atoms with E-state index in [1.54, 1.807) is 0 Å². The zero-order chi connectivity index (χ0) is 29.0. The second kappa shape index (κ2) is 9.86. The Morgan fingerprint density at radius 3 is 1.93 bits per heavy atom. The van der Waals surface area contributed by atoms with Crippen molar-refractivity contribution in [1.29, 1.82) is 0 Å². The Morgan fingerprint density at radius 2 is 1.07 bits per heavy atom. The Morgan fingerprint density at radius 1 is 0.386 bits per heavy atom. The van der Waals surface area contributed by atoms with Crippen molar-refractivity contribution >= 4 is 71.3 Å². The maximum atomic E-state index is 6.65. The highest BCUT2D eigenvalue weighted by Gasteiger charge is 2.22. The minimum Gasteiger partial charge on any atom is -0.455 e. The maximum Gasteiger partial charge on any atom is 0.143 e. The first kappa shape index (κ1) is 24.7. The molecule has 2 heteroatoms. The third kappa shape index (κ3) is 3.82. The average Bonchev–Trinajstić information content (AvgIpc) is 3.49. The normalized spacial score (nSPS) is 11.6. The molecule has 0 bridgehead atoms. The molecular formula is C42H27NO. The molecule has 9 rings (SSSR count). The average molecular weight is 562 g/mol. The second-order valence-electron chi connectivity index (χ2n) is 11.3. The van der Waals surface area contributed by atoms with Crippen LogP contribution in [-0.2, 0) is 0 Å². The topological polar surface area (TPSA) is 16.4 Å². The number of benzene rings is 8. The zero-order valence-corrected chi connectivity index (χ0v) is 23.9. The van der Waals surface area contributed by atoms with Gasteiger partial charge in [0.25, 0.3) is 0 Å². The molecule has 0 amide bonds. The highest BCUT2D eigenvalue weighted by molar-refractivity contribution is 6.21. The lowest BCUT2D eigenvalue weighted by Crippen LogP contribution is -2.11. The van der Waals surface area contributed by atoms with Crippen LogP contribution < -0.4 is 4.90 Å². The molecule has 0 saturated heterocycles. The molecule has 0 spiro atoms. The van der Waals surface area contributed by atoms with Crippen molar-refractivity contribution in [3.63, 3.8) is 0 Å². The summed E-state index contributed by atoms with van der Waals surface area (Å²) in [7, 11) is 0. The standard InChI is InChI=1S/C42H27NO/c1-2-12-28(13-3-1)30-16-10-17-32(26-30)43(39-27-31-15-5-6-18-33(31)35-20-8-9-21-36(35)39)38-22-11-23-40-41(38)37-25-24-29-14-4-7-19-34(29)42(37)44-40/h1-27H. The van der Waals surface area contributed by atoms with Crippen molar-refractivity contribution in [2.45, 2.75) is 0 Å². The number of furan rings is 1. The van der Waals surface area contributed by atoms with Gasteiger partial charge in [-0.1, -0.05) is 127 Å². The SMILES string of the molecule is c1ccc(-c2cccc(N(c3cc4ccccc4c4ccccc34)c3cccc4oc5c6ccccc6ccc5c34)c2)cc1. The molecule has 0 N–H and O–H groups in total. The van der Waals surface area contributed by atoms with Crippen molar-refractivity contribution in [3.8, 4) is 11.1 Å². The Kier molecular flexibility index (Phi) is 5.54. The van der Waals surface area contributed by atoms with Crippen LogP contribution in [0.15, 0.2) is 168 Å². The molecule has 0 aliphatic heterocycles. The molecule has 0 aliphatic carbocycles. The second-order valence-corrected chi connectivity index (χ2v) is 11.3. The van der Waals surface area contributed by atoms with Crippen molar-refractivity contribution in [2.75, 3.05) is 4.90 Å². The third-order valence-corrected chi connectivity index (χ3v) is 8.80. The van der Waals surface area contributed by atoms with Gasteiger partial charge < -0.3 is 9.32 Å². The van der Waals surface area contributed by atoms with E-state index >= 15 is 0 Å². The summed E-state index contributed by atoms with van der Waals surface area (Å²) in [5.41, 5.74) is 7.48. The van der Waals surface area contributed by atoms with E-state index in [4.69, 9.17) is 4.42 Å². The van der Waals surface area contributed by atoms with E-state index in [0.717, 1.165) is 44.4 Å². The van der Waals surface area contributed by atoms with Gasteiger partial charge in [-0.05, 0) is 69.1 Å². The summed E-state index contributed by atoms with van der Waals surface area (Å²) < 4.78 is 6.65. The molecule has 0 fully saturated rings. The van der Waals surface area contributed by atoms with E-state index in [9.17, 15) is 0 Å². The largest absolute Gasteiger partial charge is 0.455 e. The Hall–Kier alpha value is -5.86. The van der Waals surface area contributed by atoms with E-state index in [1.807, 2.05) is 0 Å². The summed E-state index contributed by atoms with van der Waals surface area (Å²) in [4.78, 5) is 2.42. The summed E-state index contributed by atoms with van der Waals surface area (Å²) >= 11 is 0. The number of hydrogen-bond acceptors (Lipinski definition) is 2. The molecular weight excluding hydrogens is 534 g/mol. The maximum absolute atomic E-state index is 6.65. The van der Waals surface area contributed by atoms with Crippen LogP contribution in [0.25, 0.3) is 65.4 Å². The summed E-state index contributed by atoms with van der Waals surface area (Å²) in [6, 6.07) is 58.5. The molecule has 8 aromatic carbocycles. The van der Waals surface area contributed by atoms with Gasteiger partial charge in [-0.25, -0.2) is 0 Å². The predicted octanol–water partition coefficient (Wildman–Crippen LogP) is 12.2. The van der Waals surface area contributed by atoms with Crippen LogP contribution in [0.4, 0.5) is 17.1 Å². The van der Waals surface area contributed by atoms with Crippen molar-refractivity contribution in [2.24, 2.45) is 0 Å². The highest BCUT2D eigenvalue weighted by atomic mass is 16.3. The summed E-state index contributed by atoms with van der Waals surface area (Å²) in [6.07, 6.45) is 0. The van der Waals surface area contributed by atoms with Crippen molar-refractivity contribution in [3.05, 3.63) is 164 Å². The first-order valence-electron chi connectivity index (χ1n) is 15.0. The molecule has 0 saturated carbocycles. The Bertz CT molecular complexity index is 2510. The van der Waals surface area contributed by atoms with Gasteiger partial charge in [0.05, 0.1) is 16.8 Å². The molecule has 44 heavy (non-hydrogen) atoms. The minimum atomic E-state index is 0.878. The monoisotopic (exact) mass is 561 g/mol. The lowest BCUT2D eigenvalue weighted by molar-refractivity contribution is 0.672. The molecule has 9 aromatic rings. The fourth-order valence-electron chi connectivity index (χ4n) is 6.80. The van der Waals surface area contributed by atoms with Gasteiger partial charge in [0.15, 0.2) is 0 Å². The predicted molar refractivity (Wildman–Crippen MR) is 186 cm³/mol. The van der Waals surface area contributed by atoms with Crippen LogP contribution in [0.5, 0.6) is 0 Å². The zero-order valence-electron chi connectivity index (χ0n) is 23.9. The van der Waals surface area contributed by atoms with Crippen LogP contribution in [-0.4, -0.2) is 0 Å². The Balaban J connectivity index is 1.40. The molecule has 0 radical (unpaired) electrons. The smallest absolute Gasteiger partial charge is 0.143 e. The van der Waals surface area contributed by atoms with Crippen LogP contribution >= 0.6 is 0 Å². The van der Waals surface area contributed by atoms with E-state index < -0.39 is 0 Å². The minimum absolute atomic E-state index is 0.878. The van der Waals surface area contributed by atoms with Gasteiger partial charge in [-0.2, -0.15) is 0 Å². The highest BCUT2D eigenvalue weighted by Crippen LogP contribution is 2.47. The quantitative estimate of drug-likeness (QED) is 0.199. The summed E-state index contributed by atoms with van der Waals surface area (Å²) in [5, 5.41) is 9.42. The van der Waals surface area contributed by atoms with Gasteiger partial charge >= 0.3 is 0 Å². The molecule has 0 aliphatic rings. The fourth-order valence-corrected chi connectivity index (χ4v) is 6.80. The van der Waals surface area contributed by atoms with Gasteiger partial charge in [0.1, 0.15) is 11.2 Å². The van der Waals surface area contributed by atoms with Crippen LogP contribution in [0.1, 0.15) is 0 Å². The Labute approximate surface area is 255 Å². The van der Waals surface area contributed by atoms with Crippen LogP contribution in [0.3, 0.4) is 0 Å². The summed E-state index contributed by atoms with van der Waals surface area (Å²) in [5.74, 6) is 0. The summed E-state index contributed by atoms with van der Waals surface area (Å²) in [6.45, 7) is 0. The third-order valence-electron chi connectivity index (χ3n) is 8.80. The van der Waals surface area contributed by atoms with E-state index in [-0.39, 0.29) is 0 Å². The van der Waals surface area contributed by atoms with E-state index in [0.29, 0.717) is 0 Å². The number of nitrogens with zero attached hydrogens (tertiary/aromatic N) is 1. The van der Waals surface area contributed by atoms with Crippen molar-refractivity contribution in [1.82, 2.24) is 0 Å². The first-order chi connectivity index (χ1) is 21.8. The first-order valence-corrected chi connectivity index (χ1v) is 15.0. The number of anilines is 3. The lowest BCUT2D eigenvalue weighted by atomic mass is 9.98. The molecule has 1 aromatic heterocycles. The van der Waals surface area contributed by atoms with Gasteiger partial charge in [-0.15, -0.1) is 0 Å². The molecule has 206 valence electrons. The van der Waals surface area contributed by atoms with Crippen LogP contribution in [0, 0.1) is 0 Å². The molecule has 2 nitrogen and oxygen atoms in total. The molecule has 0 atom stereocenters. The number of rotatable bonds is 4. The molecule has 0 unspecified atom stereocenters. The van der Waals surface area contributed by atoms with E-state index in [2.05, 4.69) is 169 Å². The van der Waals surface area contributed by atoms with Crippen molar-refractivity contribution < 1.29 is 4.42 Å². The fraction of sp³-hybridized carbons (Fsp3) is 0. The van der Waals surface area contributed by atoms with Gasteiger partial charge in [0, 0.05) is 21.8 Å². The lowest BCUT2D eigenvalue weighted by Gasteiger charge is -2.28. The van der Waals surface area contributed by atoms with Gasteiger partial charge in [0.2, 0.25) is 0 Å². The number of hydrogen-bond donors (Lipinski definition) is 0. The van der Waals surface area contributed by atoms with Gasteiger partial charge in [-0.3, -0.25) is 0 Å². The van der Waals surface area contributed by atoms with Crippen LogP contribution in [0.2, 0.25) is 0 Å². The molecule has 1 heterocycles. The number of fused-ring (bicyclic) bond motifs is 8. The van der Waals surface area contributed by atoms with E-state index in [1.165, 1.54) is 38.1 Å².